The number of rotatable bonds is 4. The van der Waals surface area contributed by atoms with Crippen LogP contribution in [-0.2, 0) is 4.79 Å². The standard InChI is InChI=1S/C16H19NO2S/c1-5-9-17-12-10-11(13(18)6-2)7-8-14(12)20-16(3,4)15(17)19/h5,7-8,10H,1,6,9H2,2-4H3. The Morgan fingerprint density at radius 3 is 2.75 bits per heavy atom. The van der Waals surface area contributed by atoms with Gasteiger partial charge < -0.3 is 4.90 Å². The van der Waals surface area contributed by atoms with Gasteiger partial charge >= 0.3 is 0 Å². The van der Waals surface area contributed by atoms with Crippen molar-refractivity contribution >= 4 is 29.1 Å². The summed E-state index contributed by atoms with van der Waals surface area (Å²) >= 11 is 1.54. The third-order valence-corrected chi connectivity index (χ3v) is 4.58. The number of ketones is 1. The molecule has 0 bridgehead atoms. The Hall–Kier alpha value is -1.55. The summed E-state index contributed by atoms with van der Waals surface area (Å²) in [5, 5.41) is 0. The summed E-state index contributed by atoms with van der Waals surface area (Å²) < 4.78 is -0.494. The lowest BCUT2D eigenvalue weighted by molar-refractivity contribution is -0.120. The van der Waals surface area contributed by atoms with Crippen LogP contribution in [0.4, 0.5) is 5.69 Å². The van der Waals surface area contributed by atoms with E-state index >= 15 is 0 Å². The first kappa shape index (κ1) is 14.9. The average Bonchev–Trinajstić information content (AvgIpc) is 2.42. The fourth-order valence-electron chi connectivity index (χ4n) is 2.26. The zero-order chi connectivity index (χ0) is 14.9. The van der Waals surface area contributed by atoms with Crippen molar-refractivity contribution in [2.75, 3.05) is 11.4 Å². The van der Waals surface area contributed by atoms with Crippen LogP contribution in [0.2, 0.25) is 0 Å². The highest BCUT2D eigenvalue weighted by molar-refractivity contribution is 8.01. The molecule has 0 saturated carbocycles. The average molecular weight is 289 g/mol. The monoisotopic (exact) mass is 289 g/mol. The van der Waals surface area contributed by atoms with Gasteiger partial charge in [-0.25, -0.2) is 0 Å². The Morgan fingerprint density at radius 1 is 1.45 bits per heavy atom. The second-order valence-electron chi connectivity index (χ2n) is 5.28. The highest BCUT2D eigenvalue weighted by atomic mass is 32.2. The smallest absolute Gasteiger partial charge is 0.243 e. The zero-order valence-electron chi connectivity index (χ0n) is 12.1. The van der Waals surface area contributed by atoms with E-state index in [1.165, 1.54) is 0 Å². The minimum absolute atomic E-state index is 0.0518. The first-order valence-electron chi connectivity index (χ1n) is 6.70. The Kier molecular flexibility index (Phi) is 4.04. The van der Waals surface area contributed by atoms with Gasteiger partial charge in [0.1, 0.15) is 0 Å². The molecule has 2 rings (SSSR count). The first-order valence-corrected chi connectivity index (χ1v) is 7.51. The lowest BCUT2D eigenvalue weighted by atomic mass is 10.1. The lowest BCUT2D eigenvalue weighted by Gasteiger charge is -2.37. The summed E-state index contributed by atoms with van der Waals surface area (Å²) in [6.45, 7) is 9.86. The number of nitrogens with zero attached hydrogens (tertiary/aromatic N) is 1. The van der Waals surface area contributed by atoms with Crippen molar-refractivity contribution in [3.05, 3.63) is 36.4 Å². The van der Waals surface area contributed by atoms with Gasteiger partial charge in [0.2, 0.25) is 5.91 Å². The number of anilines is 1. The summed E-state index contributed by atoms with van der Waals surface area (Å²) in [6.07, 6.45) is 2.18. The second kappa shape index (κ2) is 5.44. The quantitative estimate of drug-likeness (QED) is 0.627. The number of benzene rings is 1. The zero-order valence-corrected chi connectivity index (χ0v) is 12.9. The van der Waals surface area contributed by atoms with E-state index in [-0.39, 0.29) is 11.7 Å². The van der Waals surface area contributed by atoms with Gasteiger partial charge in [0.25, 0.3) is 0 Å². The van der Waals surface area contributed by atoms with Gasteiger partial charge in [0, 0.05) is 23.4 Å². The van der Waals surface area contributed by atoms with E-state index < -0.39 is 4.75 Å². The molecule has 1 heterocycles. The fraction of sp³-hybridized carbons (Fsp3) is 0.375. The van der Waals surface area contributed by atoms with Crippen LogP contribution >= 0.6 is 11.8 Å². The van der Waals surface area contributed by atoms with Crippen LogP contribution in [0.15, 0.2) is 35.7 Å². The predicted octanol–water partition coefficient (Wildman–Crippen LogP) is 3.68. The number of carbonyl (C=O) groups is 2. The molecule has 0 unspecified atom stereocenters. The highest BCUT2D eigenvalue weighted by Crippen LogP contribution is 2.45. The molecular weight excluding hydrogens is 270 g/mol. The third-order valence-electron chi connectivity index (χ3n) is 3.33. The number of hydrogen-bond acceptors (Lipinski definition) is 3. The lowest BCUT2D eigenvalue weighted by Crippen LogP contribution is -2.46. The molecule has 20 heavy (non-hydrogen) atoms. The SMILES string of the molecule is C=CCN1C(=O)C(C)(C)Sc2ccc(C(=O)CC)cc21. The Bertz CT molecular complexity index is 578. The van der Waals surface area contributed by atoms with E-state index in [9.17, 15) is 9.59 Å². The normalized spacial score (nSPS) is 16.8. The first-order chi connectivity index (χ1) is 9.40. The topological polar surface area (TPSA) is 37.4 Å². The predicted molar refractivity (Wildman–Crippen MR) is 83.5 cm³/mol. The molecule has 4 heteroatoms. The third kappa shape index (κ3) is 2.52. The number of hydrogen-bond donors (Lipinski definition) is 0. The molecule has 1 amide bonds. The van der Waals surface area contributed by atoms with Gasteiger partial charge in [-0.2, -0.15) is 0 Å². The fourth-order valence-corrected chi connectivity index (χ4v) is 3.41. The summed E-state index contributed by atoms with van der Waals surface area (Å²) in [5.74, 6) is 0.143. The Labute approximate surface area is 124 Å². The van der Waals surface area contributed by atoms with Gasteiger partial charge in [0.15, 0.2) is 5.78 Å². The molecule has 1 aliphatic rings. The van der Waals surface area contributed by atoms with Crippen LogP contribution in [-0.4, -0.2) is 23.0 Å². The van der Waals surface area contributed by atoms with Gasteiger partial charge in [-0.3, -0.25) is 9.59 Å². The molecule has 1 aromatic carbocycles. The second-order valence-corrected chi connectivity index (χ2v) is 6.94. The maximum atomic E-state index is 12.5. The minimum Gasteiger partial charge on any atom is -0.306 e. The van der Waals surface area contributed by atoms with Crippen molar-refractivity contribution < 1.29 is 9.59 Å². The van der Waals surface area contributed by atoms with Gasteiger partial charge in [-0.05, 0) is 26.0 Å². The molecule has 0 aliphatic carbocycles. The molecule has 0 aromatic heterocycles. The summed E-state index contributed by atoms with van der Waals surface area (Å²) in [5.41, 5.74) is 1.48. The molecule has 0 N–H and O–H groups in total. The van der Waals surface area contributed by atoms with Crippen LogP contribution in [0.1, 0.15) is 37.6 Å². The Balaban J connectivity index is 2.53. The molecule has 0 saturated heterocycles. The van der Waals surface area contributed by atoms with Crippen LogP contribution in [0.25, 0.3) is 0 Å². The van der Waals surface area contributed by atoms with Crippen molar-refractivity contribution in [2.24, 2.45) is 0 Å². The molecule has 0 atom stereocenters. The van der Waals surface area contributed by atoms with Gasteiger partial charge in [-0.15, -0.1) is 18.3 Å². The van der Waals surface area contributed by atoms with E-state index in [0.29, 0.717) is 18.5 Å². The van der Waals surface area contributed by atoms with E-state index in [4.69, 9.17) is 0 Å². The maximum Gasteiger partial charge on any atom is 0.243 e. The molecule has 0 fully saturated rings. The maximum absolute atomic E-state index is 12.5. The molecule has 3 nitrogen and oxygen atoms in total. The molecule has 106 valence electrons. The van der Waals surface area contributed by atoms with Crippen molar-refractivity contribution in [3.63, 3.8) is 0 Å². The number of carbonyl (C=O) groups excluding carboxylic acids is 2. The van der Waals surface area contributed by atoms with Crippen molar-refractivity contribution in [3.8, 4) is 0 Å². The molecule has 1 aliphatic heterocycles. The highest BCUT2D eigenvalue weighted by Gasteiger charge is 2.39. The number of amides is 1. The molecule has 0 spiro atoms. The number of fused-ring (bicyclic) bond motifs is 1. The van der Waals surface area contributed by atoms with Gasteiger partial charge in [-0.1, -0.05) is 19.1 Å². The van der Waals surface area contributed by atoms with Gasteiger partial charge in [0.05, 0.1) is 10.4 Å². The van der Waals surface area contributed by atoms with Crippen molar-refractivity contribution in [1.82, 2.24) is 0 Å². The van der Waals surface area contributed by atoms with Crippen LogP contribution in [0.5, 0.6) is 0 Å². The van der Waals surface area contributed by atoms with Crippen LogP contribution in [0, 0.1) is 0 Å². The van der Waals surface area contributed by atoms with Crippen molar-refractivity contribution in [2.45, 2.75) is 36.8 Å². The molecule has 0 radical (unpaired) electrons. The van der Waals surface area contributed by atoms with E-state index in [0.717, 1.165) is 10.6 Å². The minimum atomic E-state index is -0.494. The van der Waals surface area contributed by atoms with Crippen molar-refractivity contribution in [1.29, 1.82) is 0 Å². The number of thioether (sulfide) groups is 1. The Morgan fingerprint density at radius 2 is 2.15 bits per heavy atom. The van der Waals surface area contributed by atoms with Crippen LogP contribution < -0.4 is 4.90 Å². The van der Waals surface area contributed by atoms with E-state index in [2.05, 4.69) is 6.58 Å². The summed E-state index contributed by atoms with van der Waals surface area (Å²) in [4.78, 5) is 27.1. The molecule has 1 aromatic rings. The molecular formula is C16H19NO2S. The van der Waals surface area contributed by atoms with E-state index in [1.54, 1.807) is 22.7 Å². The number of Topliss-reactive ketones (excluding diaryl/α,β-unsaturated/α-hetero) is 1. The largest absolute Gasteiger partial charge is 0.306 e. The van der Waals surface area contributed by atoms with E-state index in [1.807, 2.05) is 39.0 Å². The van der Waals surface area contributed by atoms with Crippen LogP contribution in [0.3, 0.4) is 0 Å². The summed E-state index contributed by atoms with van der Waals surface area (Å²) in [7, 11) is 0. The summed E-state index contributed by atoms with van der Waals surface area (Å²) in [6, 6.07) is 5.60.